The van der Waals surface area contributed by atoms with Crippen LogP contribution in [0.5, 0.6) is 0 Å². The Balaban J connectivity index is 4.15. The molecule has 0 radical (unpaired) electrons. The van der Waals surface area contributed by atoms with Gasteiger partial charge in [-0.1, -0.05) is 85.5 Å². The highest BCUT2D eigenvalue weighted by atomic mass is 14.9. The summed E-state index contributed by atoms with van der Waals surface area (Å²) in [7, 11) is 0. The van der Waals surface area contributed by atoms with Gasteiger partial charge in [-0.3, -0.25) is 0 Å². The molecule has 0 fully saturated rings. The van der Waals surface area contributed by atoms with Gasteiger partial charge in [-0.15, -0.1) is 0 Å². The van der Waals surface area contributed by atoms with Gasteiger partial charge in [-0.25, -0.2) is 0 Å². The Morgan fingerprint density at radius 2 is 1.23 bits per heavy atom. The van der Waals surface area contributed by atoms with E-state index in [-0.39, 0.29) is 0 Å². The predicted octanol–water partition coefficient (Wildman–Crippen LogP) is 7.10. The minimum absolute atomic E-state index is 0.310. The smallest absolute Gasteiger partial charge is 0.0125 e. The Bertz CT molecular complexity index is 240. The van der Waals surface area contributed by atoms with Crippen LogP contribution in [0.4, 0.5) is 0 Å². The molecule has 0 bridgehead atoms. The highest BCUT2D eigenvalue weighted by Gasteiger charge is 2.26. The second-order valence-corrected chi connectivity index (χ2v) is 8.04. The van der Waals surface area contributed by atoms with Gasteiger partial charge in [0.25, 0.3) is 0 Å². The minimum Gasteiger partial charge on any atom is -0.312 e. The Labute approximate surface area is 142 Å². The molecule has 0 aliphatic carbocycles. The summed E-state index contributed by atoms with van der Waals surface area (Å²) < 4.78 is 0. The van der Waals surface area contributed by atoms with Gasteiger partial charge < -0.3 is 5.32 Å². The van der Waals surface area contributed by atoms with Crippen LogP contribution in [0.3, 0.4) is 0 Å². The largest absolute Gasteiger partial charge is 0.312 e. The SMILES string of the molecule is CCCCCCCC(CC)(CC)CCNC(C)(C)CCCC. The van der Waals surface area contributed by atoms with Crippen LogP contribution in [0.1, 0.15) is 119 Å². The fourth-order valence-electron chi connectivity index (χ4n) is 3.56. The molecule has 1 nitrogen and oxygen atoms in total. The van der Waals surface area contributed by atoms with Crippen molar-refractivity contribution in [3.63, 3.8) is 0 Å². The Morgan fingerprint density at radius 3 is 1.77 bits per heavy atom. The highest BCUT2D eigenvalue weighted by Crippen LogP contribution is 2.36. The highest BCUT2D eigenvalue weighted by molar-refractivity contribution is 4.82. The molecule has 0 heterocycles. The van der Waals surface area contributed by atoms with Crippen LogP contribution in [0, 0.1) is 5.41 Å². The van der Waals surface area contributed by atoms with E-state index >= 15 is 0 Å². The second-order valence-electron chi connectivity index (χ2n) is 8.04. The van der Waals surface area contributed by atoms with Crippen molar-refractivity contribution in [1.82, 2.24) is 5.32 Å². The van der Waals surface area contributed by atoms with Gasteiger partial charge in [0.1, 0.15) is 0 Å². The molecular formula is C21H45N. The van der Waals surface area contributed by atoms with E-state index in [2.05, 4.69) is 46.9 Å². The van der Waals surface area contributed by atoms with Crippen LogP contribution >= 0.6 is 0 Å². The summed E-state index contributed by atoms with van der Waals surface area (Å²) in [6, 6.07) is 0. The zero-order valence-electron chi connectivity index (χ0n) is 16.7. The lowest BCUT2D eigenvalue weighted by molar-refractivity contribution is 0.197. The molecule has 22 heavy (non-hydrogen) atoms. The van der Waals surface area contributed by atoms with E-state index < -0.39 is 0 Å². The third-order valence-corrected chi connectivity index (χ3v) is 5.72. The van der Waals surface area contributed by atoms with Gasteiger partial charge in [0.2, 0.25) is 0 Å². The van der Waals surface area contributed by atoms with Crippen molar-refractivity contribution in [3.05, 3.63) is 0 Å². The summed E-state index contributed by atoms with van der Waals surface area (Å²) in [4.78, 5) is 0. The molecule has 0 rings (SSSR count). The van der Waals surface area contributed by atoms with Crippen LogP contribution < -0.4 is 5.32 Å². The fraction of sp³-hybridized carbons (Fsp3) is 1.00. The molecular weight excluding hydrogens is 266 g/mol. The van der Waals surface area contributed by atoms with Crippen molar-refractivity contribution in [2.45, 2.75) is 124 Å². The van der Waals surface area contributed by atoms with Crippen molar-refractivity contribution in [1.29, 1.82) is 0 Å². The average Bonchev–Trinajstić information content (AvgIpc) is 2.51. The normalized spacial score (nSPS) is 12.8. The maximum atomic E-state index is 3.83. The van der Waals surface area contributed by atoms with Crippen LogP contribution in [0.2, 0.25) is 0 Å². The lowest BCUT2D eigenvalue weighted by Gasteiger charge is -2.34. The molecule has 0 aliphatic rings. The number of hydrogen-bond donors (Lipinski definition) is 1. The lowest BCUT2D eigenvalue weighted by Crippen LogP contribution is -2.41. The molecule has 1 heteroatoms. The summed E-state index contributed by atoms with van der Waals surface area (Å²) in [6.45, 7) is 15.3. The molecule has 0 aromatic heterocycles. The molecule has 0 saturated carbocycles. The van der Waals surface area contributed by atoms with E-state index in [0.29, 0.717) is 11.0 Å². The number of unbranched alkanes of at least 4 members (excludes halogenated alkanes) is 5. The maximum Gasteiger partial charge on any atom is 0.0125 e. The standard InChI is InChI=1S/C21H45N/c1-7-11-13-14-15-17-21(9-3,10-4)18-19-22-20(5,6)16-12-8-2/h22H,7-19H2,1-6H3. The van der Waals surface area contributed by atoms with Crippen LogP contribution in [-0.4, -0.2) is 12.1 Å². The summed E-state index contributed by atoms with van der Waals surface area (Å²) in [5.41, 5.74) is 0.893. The van der Waals surface area contributed by atoms with Crippen molar-refractivity contribution in [2.24, 2.45) is 5.41 Å². The molecule has 0 saturated heterocycles. The summed E-state index contributed by atoms with van der Waals surface area (Å²) >= 11 is 0. The Morgan fingerprint density at radius 1 is 0.636 bits per heavy atom. The molecule has 0 amide bonds. The first-order valence-corrected chi connectivity index (χ1v) is 10.2. The van der Waals surface area contributed by atoms with Gasteiger partial charge in [0.05, 0.1) is 0 Å². The maximum absolute atomic E-state index is 3.83. The first-order valence-electron chi connectivity index (χ1n) is 10.2. The van der Waals surface area contributed by atoms with Gasteiger partial charge >= 0.3 is 0 Å². The molecule has 0 atom stereocenters. The van der Waals surface area contributed by atoms with E-state index in [9.17, 15) is 0 Å². The zero-order valence-corrected chi connectivity index (χ0v) is 16.7. The monoisotopic (exact) mass is 311 g/mol. The van der Waals surface area contributed by atoms with E-state index in [4.69, 9.17) is 0 Å². The van der Waals surface area contributed by atoms with Crippen LogP contribution in [0.15, 0.2) is 0 Å². The predicted molar refractivity (Wildman–Crippen MR) is 103 cm³/mol. The molecule has 0 aromatic rings. The van der Waals surface area contributed by atoms with Gasteiger partial charge in [-0.05, 0) is 45.1 Å². The average molecular weight is 312 g/mol. The van der Waals surface area contributed by atoms with Gasteiger partial charge in [-0.2, -0.15) is 0 Å². The zero-order chi connectivity index (χ0) is 16.9. The first-order chi connectivity index (χ1) is 10.4. The van der Waals surface area contributed by atoms with E-state index in [1.165, 1.54) is 83.6 Å². The number of hydrogen-bond acceptors (Lipinski definition) is 1. The Kier molecular flexibility index (Phi) is 12.4. The molecule has 0 aromatic carbocycles. The summed E-state index contributed by atoms with van der Waals surface area (Å²) in [5, 5.41) is 3.83. The number of rotatable bonds is 15. The minimum atomic E-state index is 0.310. The van der Waals surface area contributed by atoms with Gasteiger partial charge in [0.15, 0.2) is 0 Å². The van der Waals surface area contributed by atoms with E-state index in [1.807, 2.05) is 0 Å². The quantitative estimate of drug-likeness (QED) is 0.318. The van der Waals surface area contributed by atoms with Crippen molar-refractivity contribution < 1.29 is 0 Å². The van der Waals surface area contributed by atoms with Crippen molar-refractivity contribution in [2.75, 3.05) is 6.54 Å². The van der Waals surface area contributed by atoms with Crippen molar-refractivity contribution >= 4 is 0 Å². The van der Waals surface area contributed by atoms with E-state index in [0.717, 1.165) is 0 Å². The van der Waals surface area contributed by atoms with E-state index in [1.54, 1.807) is 0 Å². The fourth-order valence-corrected chi connectivity index (χ4v) is 3.56. The lowest BCUT2D eigenvalue weighted by atomic mass is 9.75. The number of nitrogens with one attached hydrogen (secondary N) is 1. The third kappa shape index (κ3) is 9.87. The molecule has 0 unspecified atom stereocenters. The second kappa shape index (κ2) is 12.4. The summed E-state index contributed by atoms with van der Waals surface area (Å²) in [6.07, 6.45) is 16.5. The van der Waals surface area contributed by atoms with Gasteiger partial charge in [0, 0.05) is 5.54 Å². The summed E-state index contributed by atoms with van der Waals surface area (Å²) in [5.74, 6) is 0. The van der Waals surface area contributed by atoms with Crippen molar-refractivity contribution in [3.8, 4) is 0 Å². The molecule has 134 valence electrons. The topological polar surface area (TPSA) is 12.0 Å². The van der Waals surface area contributed by atoms with Crippen LogP contribution in [0.25, 0.3) is 0 Å². The Hall–Kier alpha value is -0.0400. The molecule has 0 spiro atoms. The third-order valence-electron chi connectivity index (χ3n) is 5.72. The molecule has 1 N–H and O–H groups in total. The van der Waals surface area contributed by atoms with Crippen LogP contribution in [-0.2, 0) is 0 Å². The first kappa shape index (κ1) is 22.0. The molecule has 0 aliphatic heterocycles.